The maximum atomic E-state index is 12.6. The maximum absolute atomic E-state index is 12.6. The van der Waals surface area contributed by atoms with E-state index in [4.69, 9.17) is 1.37 Å². The summed E-state index contributed by atoms with van der Waals surface area (Å²) in [5.74, 6) is 0. The molecule has 0 aliphatic carbocycles. The fourth-order valence-corrected chi connectivity index (χ4v) is 6.06. The lowest BCUT2D eigenvalue weighted by Crippen LogP contribution is -1.96. The molecule has 1 aromatic heterocycles. The van der Waals surface area contributed by atoms with Crippen LogP contribution in [0.15, 0.2) is 89.8 Å². The first-order valence-corrected chi connectivity index (χ1v) is 11.0. The van der Waals surface area contributed by atoms with Gasteiger partial charge in [-0.25, -0.2) is 0 Å². The monoisotopic (exact) mass is 438 g/mol. The highest BCUT2D eigenvalue weighted by Gasteiger charge is 2.28. The van der Waals surface area contributed by atoms with Crippen molar-refractivity contribution >= 4 is 71.4 Å². The van der Waals surface area contributed by atoms with Gasteiger partial charge >= 0.3 is 0 Å². The lowest BCUT2D eigenvalue weighted by Gasteiger charge is -2.14. The van der Waals surface area contributed by atoms with E-state index in [0.717, 1.165) is 37.0 Å². The third kappa shape index (κ3) is 2.60. The number of fused-ring (bicyclic) bond motifs is 6. The molecule has 0 N–H and O–H groups in total. The molecule has 1 heterocycles. The molecule has 148 valence electrons. The van der Waals surface area contributed by atoms with E-state index in [2.05, 4.69) is 12.6 Å². The second-order valence-corrected chi connectivity index (χ2v) is 8.93. The number of nitrogens with zero attached hydrogens (tertiary/aromatic N) is 1. The predicted molar refractivity (Wildman–Crippen MR) is 134 cm³/mol. The molecular formula is C26H15NO2S2. The Hall–Kier alpha value is -3.41. The number of nitro benzene ring substituents is 1. The molecule has 6 rings (SSSR count). The smallest absolute Gasteiger partial charge is 0.258 e. The average Bonchev–Trinajstić information content (AvgIpc) is 3.18. The Bertz CT molecular complexity index is 1740. The summed E-state index contributed by atoms with van der Waals surface area (Å²) in [7, 11) is 0. The molecule has 0 amide bonds. The summed E-state index contributed by atoms with van der Waals surface area (Å²) in [6.45, 7) is 0. The Morgan fingerprint density at radius 2 is 1.45 bits per heavy atom. The lowest BCUT2D eigenvalue weighted by molar-refractivity contribution is -0.382. The maximum Gasteiger partial charge on any atom is 0.295 e. The Kier molecular flexibility index (Phi) is 3.79. The molecule has 5 aromatic carbocycles. The van der Waals surface area contributed by atoms with Gasteiger partial charge in [-0.2, -0.15) is 0 Å². The summed E-state index contributed by atoms with van der Waals surface area (Å²) in [5.41, 5.74) is 1.24. The van der Waals surface area contributed by atoms with E-state index in [-0.39, 0.29) is 16.7 Å². The first-order valence-electron chi connectivity index (χ1n) is 10.3. The van der Waals surface area contributed by atoms with Gasteiger partial charge in [-0.3, -0.25) is 10.1 Å². The second kappa shape index (κ2) is 6.80. The first-order chi connectivity index (χ1) is 15.6. The third-order valence-corrected chi connectivity index (χ3v) is 7.31. The van der Waals surface area contributed by atoms with Crippen molar-refractivity contribution in [1.82, 2.24) is 0 Å². The number of nitro groups is 1. The van der Waals surface area contributed by atoms with Crippen LogP contribution in [-0.2, 0) is 0 Å². The van der Waals surface area contributed by atoms with Crippen molar-refractivity contribution in [3.8, 4) is 11.1 Å². The number of thiol groups is 1. The van der Waals surface area contributed by atoms with Crippen LogP contribution >= 0.6 is 24.0 Å². The van der Waals surface area contributed by atoms with E-state index in [0.29, 0.717) is 20.7 Å². The van der Waals surface area contributed by atoms with Crippen molar-refractivity contribution in [2.45, 2.75) is 4.90 Å². The minimum atomic E-state index is -0.280. The number of hydrogen-bond acceptors (Lipinski definition) is 4. The van der Waals surface area contributed by atoms with Crippen molar-refractivity contribution in [2.24, 2.45) is 0 Å². The van der Waals surface area contributed by atoms with Gasteiger partial charge in [0.1, 0.15) is 4.70 Å². The SMILES string of the molecule is [2H]c1cc2ccccc2c(-c2c([N+](=O)[O-])c3sc4ccccc4c3c3ccccc23)c1S. The molecule has 0 radical (unpaired) electrons. The predicted octanol–water partition coefficient (Wildman–Crippen LogP) is 8.22. The molecule has 0 unspecified atom stereocenters. The van der Waals surface area contributed by atoms with Crippen molar-refractivity contribution in [3.63, 3.8) is 0 Å². The van der Waals surface area contributed by atoms with Crippen LogP contribution in [0.3, 0.4) is 0 Å². The van der Waals surface area contributed by atoms with Gasteiger partial charge in [-0.1, -0.05) is 72.8 Å². The van der Waals surface area contributed by atoms with Crippen LogP contribution in [0.2, 0.25) is 0 Å². The number of thiophene rings is 1. The quantitative estimate of drug-likeness (QED) is 0.168. The largest absolute Gasteiger partial charge is 0.295 e. The fourth-order valence-electron chi connectivity index (χ4n) is 4.52. The Labute approximate surface area is 188 Å². The molecule has 0 fully saturated rings. The summed E-state index contributed by atoms with van der Waals surface area (Å²) in [6.07, 6.45) is 0. The van der Waals surface area contributed by atoms with Crippen molar-refractivity contribution in [1.29, 1.82) is 0 Å². The second-order valence-electron chi connectivity index (χ2n) is 7.43. The van der Waals surface area contributed by atoms with Gasteiger partial charge in [0.2, 0.25) is 0 Å². The third-order valence-electron chi connectivity index (χ3n) is 5.78. The molecule has 0 atom stereocenters. The van der Waals surface area contributed by atoms with Crippen molar-refractivity contribution in [3.05, 3.63) is 95.0 Å². The Morgan fingerprint density at radius 3 is 2.23 bits per heavy atom. The molecule has 0 saturated carbocycles. The number of rotatable bonds is 2. The topological polar surface area (TPSA) is 43.1 Å². The van der Waals surface area contributed by atoms with E-state index >= 15 is 0 Å². The Balaban J connectivity index is 1.95. The highest BCUT2D eigenvalue weighted by atomic mass is 32.1. The van der Waals surface area contributed by atoms with E-state index in [1.54, 1.807) is 6.07 Å². The van der Waals surface area contributed by atoms with Crippen LogP contribution in [-0.4, -0.2) is 4.92 Å². The minimum absolute atomic E-state index is 0.0750. The molecule has 0 spiro atoms. The van der Waals surface area contributed by atoms with E-state index in [9.17, 15) is 10.1 Å². The van der Waals surface area contributed by atoms with E-state index in [1.165, 1.54) is 11.3 Å². The van der Waals surface area contributed by atoms with Gasteiger partial charge in [0, 0.05) is 25.9 Å². The van der Waals surface area contributed by atoms with Crippen LogP contribution in [0.4, 0.5) is 5.69 Å². The summed E-state index contributed by atoms with van der Waals surface area (Å²) in [4.78, 5) is 12.8. The zero-order valence-corrected chi connectivity index (χ0v) is 17.8. The van der Waals surface area contributed by atoms with Gasteiger partial charge in [0.05, 0.1) is 11.9 Å². The Morgan fingerprint density at radius 1 is 0.806 bits per heavy atom. The van der Waals surface area contributed by atoms with E-state index < -0.39 is 0 Å². The molecule has 0 aliphatic rings. The summed E-state index contributed by atoms with van der Waals surface area (Å²) >= 11 is 6.12. The molecule has 5 heteroatoms. The van der Waals surface area contributed by atoms with Gasteiger partial charge in [-0.15, -0.1) is 24.0 Å². The number of benzene rings is 5. The van der Waals surface area contributed by atoms with Gasteiger partial charge in [-0.05, 0) is 33.7 Å². The van der Waals surface area contributed by atoms with Crippen LogP contribution in [0, 0.1) is 10.1 Å². The molecule has 6 aromatic rings. The average molecular weight is 439 g/mol. The molecule has 31 heavy (non-hydrogen) atoms. The molecule has 0 aliphatic heterocycles. The molecule has 3 nitrogen and oxygen atoms in total. The fraction of sp³-hybridized carbons (Fsp3) is 0. The highest BCUT2D eigenvalue weighted by Crippen LogP contribution is 2.51. The van der Waals surface area contributed by atoms with Crippen molar-refractivity contribution < 1.29 is 6.29 Å². The number of hydrogen-bond donors (Lipinski definition) is 1. The summed E-state index contributed by atoms with van der Waals surface area (Å²) in [6, 6.07) is 25.5. The highest BCUT2D eigenvalue weighted by molar-refractivity contribution is 7.80. The van der Waals surface area contributed by atoms with E-state index in [1.807, 2.05) is 72.8 Å². The van der Waals surface area contributed by atoms with Crippen molar-refractivity contribution in [2.75, 3.05) is 0 Å². The normalized spacial score (nSPS) is 12.1. The van der Waals surface area contributed by atoms with Crippen LogP contribution < -0.4 is 0 Å². The van der Waals surface area contributed by atoms with Gasteiger partial charge < -0.3 is 0 Å². The molecular weight excluding hydrogens is 422 g/mol. The van der Waals surface area contributed by atoms with Crippen LogP contribution in [0.25, 0.3) is 52.8 Å². The first kappa shape index (κ1) is 17.3. The zero-order valence-electron chi connectivity index (χ0n) is 17.1. The van der Waals surface area contributed by atoms with Gasteiger partial charge in [0.15, 0.2) is 0 Å². The van der Waals surface area contributed by atoms with Gasteiger partial charge in [0.25, 0.3) is 5.69 Å². The molecule has 0 saturated heterocycles. The lowest BCUT2D eigenvalue weighted by atomic mass is 9.90. The summed E-state index contributed by atoms with van der Waals surface area (Å²) < 4.78 is 10.1. The zero-order chi connectivity index (χ0) is 22.0. The minimum Gasteiger partial charge on any atom is -0.258 e. The standard InChI is InChI=1S/C26H15NO2S2/c28-27(29)25-24(23-16-8-2-1-7-15(16)13-14-20(23)30)18-10-4-3-9-17(18)22-19-11-5-6-12-21(19)31-26(22)25/h1-14,30H/i14D. The molecule has 0 bridgehead atoms. The van der Waals surface area contributed by atoms with Crippen LogP contribution in [0.1, 0.15) is 1.37 Å². The summed E-state index contributed by atoms with van der Waals surface area (Å²) in [5, 5.41) is 18.0. The van der Waals surface area contributed by atoms with Crippen LogP contribution in [0.5, 0.6) is 0 Å².